The third-order valence-electron chi connectivity index (χ3n) is 1.67. The molecule has 0 fully saturated rings. The van der Waals surface area contributed by atoms with E-state index < -0.39 is 23.9 Å². The van der Waals surface area contributed by atoms with E-state index in [4.69, 9.17) is 10.2 Å². The van der Waals surface area contributed by atoms with Gasteiger partial charge in [0.25, 0.3) is 0 Å². The largest absolute Gasteiger partial charge is 0.481 e. The maximum absolute atomic E-state index is 10.6. The number of hydrogen-bond acceptors (Lipinski definition) is 3. The summed E-state index contributed by atoms with van der Waals surface area (Å²) in [5.74, 6) is -3.12. The molecule has 12 heavy (non-hydrogen) atoms. The van der Waals surface area contributed by atoms with Crippen molar-refractivity contribution in [2.24, 2.45) is 5.92 Å². The highest BCUT2D eigenvalue weighted by atomic mass is 16.4. The molecule has 0 spiro atoms. The first kappa shape index (κ1) is 10.9. The van der Waals surface area contributed by atoms with Crippen LogP contribution in [-0.4, -0.2) is 47.2 Å². The highest BCUT2D eigenvalue weighted by Crippen LogP contribution is 2.08. The van der Waals surface area contributed by atoms with Crippen molar-refractivity contribution in [1.29, 1.82) is 0 Å². The van der Waals surface area contributed by atoms with Gasteiger partial charge < -0.3 is 10.2 Å². The lowest BCUT2D eigenvalue weighted by Gasteiger charge is -2.23. The van der Waals surface area contributed by atoms with Crippen molar-refractivity contribution < 1.29 is 19.8 Å². The zero-order valence-corrected chi connectivity index (χ0v) is 7.31. The number of nitrogens with zero attached hydrogens (tertiary/aromatic N) is 1. The zero-order chi connectivity index (χ0) is 9.89. The SMILES string of the molecule is C[C@H](C(=O)O)[C@@H](C(=O)O)N(C)C. The Bertz CT molecular complexity index is 190. The fraction of sp³-hybridized carbons (Fsp3) is 0.714. The summed E-state index contributed by atoms with van der Waals surface area (Å²) in [6.45, 7) is 1.38. The van der Waals surface area contributed by atoms with Crippen LogP contribution < -0.4 is 0 Å². The van der Waals surface area contributed by atoms with Gasteiger partial charge in [-0.05, 0) is 21.0 Å². The summed E-state index contributed by atoms with van der Waals surface area (Å²) in [6.07, 6.45) is 0. The van der Waals surface area contributed by atoms with Gasteiger partial charge in [0.2, 0.25) is 0 Å². The third kappa shape index (κ3) is 2.50. The van der Waals surface area contributed by atoms with Gasteiger partial charge in [-0.3, -0.25) is 14.5 Å². The van der Waals surface area contributed by atoms with Crippen molar-refractivity contribution in [3.8, 4) is 0 Å². The van der Waals surface area contributed by atoms with E-state index in [9.17, 15) is 9.59 Å². The lowest BCUT2D eigenvalue weighted by atomic mass is 10.0. The Balaban J connectivity index is 4.51. The van der Waals surface area contributed by atoms with E-state index in [0.717, 1.165) is 0 Å². The number of aliphatic carboxylic acids is 2. The molecule has 0 aromatic heterocycles. The molecular weight excluding hydrogens is 162 g/mol. The van der Waals surface area contributed by atoms with Crippen LogP contribution in [0.3, 0.4) is 0 Å². The Morgan fingerprint density at radius 1 is 1.17 bits per heavy atom. The lowest BCUT2D eigenvalue weighted by Crippen LogP contribution is -2.43. The second kappa shape index (κ2) is 4.06. The molecule has 0 unspecified atom stereocenters. The molecule has 0 rings (SSSR count). The quantitative estimate of drug-likeness (QED) is 0.614. The molecule has 0 bridgehead atoms. The number of carboxylic acid groups (broad SMARTS) is 2. The molecule has 5 heteroatoms. The molecule has 2 atom stereocenters. The van der Waals surface area contributed by atoms with Crippen molar-refractivity contribution in [2.75, 3.05) is 14.1 Å². The van der Waals surface area contributed by atoms with Gasteiger partial charge in [-0.1, -0.05) is 0 Å². The van der Waals surface area contributed by atoms with E-state index in [1.54, 1.807) is 0 Å². The Morgan fingerprint density at radius 2 is 1.58 bits per heavy atom. The van der Waals surface area contributed by atoms with Crippen LogP contribution in [0.5, 0.6) is 0 Å². The van der Waals surface area contributed by atoms with Gasteiger partial charge in [-0.15, -0.1) is 0 Å². The van der Waals surface area contributed by atoms with E-state index >= 15 is 0 Å². The number of rotatable bonds is 4. The van der Waals surface area contributed by atoms with Crippen LogP contribution in [0.25, 0.3) is 0 Å². The van der Waals surface area contributed by atoms with Crippen molar-refractivity contribution in [2.45, 2.75) is 13.0 Å². The summed E-state index contributed by atoms with van der Waals surface area (Å²) in [5.41, 5.74) is 0. The number of carbonyl (C=O) groups is 2. The number of likely N-dealkylation sites (N-methyl/N-ethyl adjacent to an activating group) is 1. The van der Waals surface area contributed by atoms with Crippen LogP contribution in [0.15, 0.2) is 0 Å². The molecular formula is C7H13NO4. The van der Waals surface area contributed by atoms with Crippen molar-refractivity contribution in [3.05, 3.63) is 0 Å². The minimum atomic E-state index is -1.12. The topological polar surface area (TPSA) is 77.8 Å². The van der Waals surface area contributed by atoms with Gasteiger partial charge in [0.05, 0.1) is 5.92 Å². The average Bonchev–Trinajstić information content (AvgIpc) is 1.85. The van der Waals surface area contributed by atoms with Gasteiger partial charge in [0.1, 0.15) is 6.04 Å². The van der Waals surface area contributed by atoms with Crippen molar-refractivity contribution in [3.63, 3.8) is 0 Å². The Kier molecular flexibility index (Phi) is 3.69. The summed E-state index contributed by atoms with van der Waals surface area (Å²) >= 11 is 0. The predicted molar refractivity (Wildman–Crippen MR) is 41.9 cm³/mol. The van der Waals surface area contributed by atoms with Gasteiger partial charge in [0, 0.05) is 0 Å². The van der Waals surface area contributed by atoms with Crippen LogP contribution in [0.2, 0.25) is 0 Å². The van der Waals surface area contributed by atoms with E-state index in [2.05, 4.69) is 0 Å². The van der Waals surface area contributed by atoms with Gasteiger partial charge >= 0.3 is 11.9 Å². The Hall–Kier alpha value is -1.10. The Morgan fingerprint density at radius 3 is 1.67 bits per heavy atom. The zero-order valence-electron chi connectivity index (χ0n) is 7.31. The summed E-state index contributed by atoms with van der Waals surface area (Å²) in [6, 6.07) is -0.970. The molecule has 0 aliphatic heterocycles. The molecule has 70 valence electrons. The van der Waals surface area contributed by atoms with Crippen LogP contribution in [0.4, 0.5) is 0 Å². The van der Waals surface area contributed by atoms with E-state index in [1.807, 2.05) is 0 Å². The first-order valence-corrected chi connectivity index (χ1v) is 3.50. The standard InChI is InChI=1S/C7H13NO4/c1-4(6(9)10)5(7(11)12)8(2)3/h4-5H,1-3H3,(H,9,10)(H,11,12)/t4-,5-/m0/s1. The second-order valence-corrected chi connectivity index (χ2v) is 2.87. The summed E-state index contributed by atoms with van der Waals surface area (Å²) in [5, 5.41) is 17.2. The molecule has 2 N–H and O–H groups in total. The minimum absolute atomic E-state index is 0.905. The van der Waals surface area contributed by atoms with Crippen LogP contribution >= 0.6 is 0 Å². The molecule has 0 aliphatic carbocycles. The minimum Gasteiger partial charge on any atom is -0.481 e. The summed E-state index contributed by atoms with van der Waals surface area (Å²) < 4.78 is 0. The molecule has 0 saturated carbocycles. The fourth-order valence-electron chi connectivity index (χ4n) is 1.02. The van der Waals surface area contributed by atoms with Crippen molar-refractivity contribution >= 4 is 11.9 Å². The second-order valence-electron chi connectivity index (χ2n) is 2.87. The molecule has 0 aliphatic rings. The number of carboxylic acids is 2. The summed E-state index contributed by atoms with van der Waals surface area (Å²) in [7, 11) is 3.08. The highest BCUT2D eigenvalue weighted by Gasteiger charge is 2.31. The highest BCUT2D eigenvalue weighted by molar-refractivity contribution is 5.82. The molecule has 0 saturated heterocycles. The normalized spacial score (nSPS) is 15.7. The smallest absolute Gasteiger partial charge is 0.321 e. The van der Waals surface area contributed by atoms with Crippen LogP contribution in [0.1, 0.15) is 6.92 Å². The van der Waals surface area contributed by atoms with Gasteiger partial charge in [-0.2, -0.15) is 0 Å². The maximum Gasteiger partial charge on any atom is 0.321 e. The van der Waals surface area contributed by atoms with Crippen LogP contribution in [-0.2, 0) is 9.59 Å². The Labute approximate surface area is 70.6 Å². The average molecular weight is 175 g/mol. The van der Waals surface area contributed by atoms with E-state index in [-0.39, 0.29) is 0 Å². The van der Waals surface area contributed by atoms with E-state index in [1.165, 1.54) is 25.9 Å². The summed E-state index contributed by atoms with van der Waals surface area (Å²) in [4.78, 5) is 22.4. The van der Waals surface area contributed by atoms with E-state index in [0.29, 0.717) is 0 Å². The van der Waals surface area contributed by atoms with Gasteiger partial charge in [0.15, 0.2) is 0 Å². The molecule has 5 nitrogen and oxygen atoms in total. The van der Waals surface area contributed by atoms with Crippen molar-refractivity contribution in [1.82, 2.24) is 4.90 Å². The maximum atomic E-state index is 10.6. The predicted octanol–water partition coefficient (Wildman–Crippen LogP) is -0.278. The third-order valence-corrected chi connectivity index (χ3v) is 1.67. The lowest BCUT2D eigenvalue weighted by molar-refractivity contribution is -0.153. The first-order valence-electron chi connectivity index (χ1n) is 3.50. The molecule has 0 aromatic rings. The van der Waals surface area contributed by atoms with Crippen LogP contribution in [0, 0.1) is 5.92 Å². The first-order chi connectivity index (χ1) is 5.37. The fourth-order valence-corrected chi connectivity index (χ4v) is 1.02. The molecule has 0 aromatic carbocycles. The van der Waals surface area contributed by atoms with Gasteiger partial charge in [-0.25, -0.2) is 0 Å². The molecule has 0 amide bonds. The monoisotopic (exact) mass is 175 g/mol. The molecule has 0 heterocycles. The number of hydrogen-bond donors (Lipinski definition) is 2. The molecule has 0 radical (unpaired) electrons.